The molecule has 0 aliphatic carbocycles. The first-order valence-electron chi connectivity index (χ1n) is 6.84. The summed E-state index contributed by atoms with van der Waals surface area (Å²) >= 11 is 0. The molecule has 2 N–H and O–H groups in total. The van der Waals surface area contributed by atoms with Crippen LogP contribution in [0.15, 0.2) is 0 Å². The van der Waals surface area contributed by atoms with Crippen molar-refractivity contribution < 1.29 is 14.7 Å². The molecule has 0 rings (SSSR count). The molecule has 0 aromatic heterocycles. The Bertz CT molecular complexity index is 312. The molecule has 2 amide bonds. The molecule has 0 heterocycles. The summed E-state index contributed by atoms with van der Waals surface area (Å²) < 4.78 is 0. The summed E-state index contributed by atoms with van der Waals surface area (Å²) in [5.41, 5.74) is 0.0190. The van der Waals surface area contributed by atoms with Gasteiger partial charge in [-0.05, 0) is 25.2 Å². The standard InChI is InChI=1S/C14H28N2O3/c1-10(2)14(5,6)9-15-13(19)16(11(3)4)8-7-12(17)18/h10-11H,7-9H2,1-6H3,(H,15,19)(H,17,18). The number of hydrogen-bond acceptors (Lipinski definition) is 2. The van der Waals surface area contributed by atoms with E-state index in [0.717, 1.165) is 0 Å². The second-order valence-corrected chi connectivity index (χ2v) is 6.23. The van der Waals surface area contributed by atoms with Gasteiger partial charge in [0.2, 0.25) is 0 Å². The van der Waals surface area contributed by atoms with E-state index < -0.39 is 5.97 Å². The number of nitrogens with one attached hydrogen (secondary N) is 1. The van der Waals surface area contributed by atoms with Crippen LogP contribution in [-0.2, 0) is 4.79 Å². The fourth-order valence-electron chi connectivity index (χ4n) is 1.42. The first-order valence-corrected chi connectivity index (χ1v) is 6.84. The average molecular weight is 272 g/mol. The molecule has 0 fully saturated rings. The molecule has 0 aromatic carbocycles. The Hall–Kier alpha value is -1.26. The largest absolute Gasteiger partial charge is 0.481 e. The van der Waals surface area contributed by atoms with Crippen molar-refractivity contribution in [2.45, 2.75) is 54.0 Å². The fourth-order valence-corrected chi connectivity index (χ4v) is 1.42. The lowest BCUT2D eigenvalue weighted by atomic mass is 9.81. The number of carboxylic acids is 1. The average Bonchev–Trinajstić information content (AvgIpc) is 2.25. The zero-order chi connectivity index (χ0) is 15.2. The van der Waals surface area contributed by atoms with Gasteiger partial charge in [0.05, 0.1) is 6.42 Å². The second-order valence-electron chi connectivity index (χ2n) is 6.23. The van der Waals surface area contributed by atoms with Crippen LogP contribution in [0.2, 0.25) is 0 Å². The number of hydrogen-bond donors (Lipinski definition) is 2. The van der Waals surface area contributed by atoms with E-state index >= 15 is 0 Å². The molecule has 0 saturated heterocycles. The van der Waals surface area contributed by atoms with E-state index in [4.69, 9.17) is 5.11 Å². The van der Waals surface area contributed by atoms with Gasteiger partial charge in [-0.25, -0.2) is 4.79 Å². The normalized spacial score (nSPS) is 11.8. The molecule has 0 bridgehead atoms. The molecule has 0 aromatic rings. The lowest BCUT2D eigenvalue weighted by Gasteiger charge is -2.32. The summed E-state index contributed by atoms with van der Waals surface area (Å²) in [7, 11) is 0. The van der Waals surface area contributed by atoms with Gasteiger partial charge >= 0.3 is 12.0 Å². The van der Waals surface area contributed by atoms with Crippen LogP contribution in [0.4, 0.5) is 4.79 Å². The van der Waals surface area contributed by atoms with Crippen molar-refractivity contribution in [1.82, 2.24) is 10.2 Å². The van der Waals surface area contributed by atoms with Crippen LogP contribution < -0.4 is 5.32 Å². The minimum Gasteiger partial charge on any atom is -0.481 e. The minimum absolute atomic E-state index is 0.0125. The number of carboxylic acid groups (broad SMARTS) is 1. The van der Waals surface area contributed by atoms with Crippen molar-refractivity contribution in [2.24, 2.45) is 11.3 Å². The monoisotopic (exact) mass is 272 g/mol. The van der Waals surface area contributed by atoms with Gasteiger partial charge in [0, 0.05) is 19.1 Å². The minimum atomic E-state index is -0.888. The van der Waals surface area contributed by atoms with E-state index in [1.807, 2.05) is 13.8 Å². The van der Waals surface area contributed by atoms with Crippen molar-refractivity contribution in [3.63, 3.8) is 0 Å². The Morgan fingerprint density at radius 2 is 1.74 bits per heavy atom. The van der Waals surface area contributed by atoms with Crippen molar-refractivity contribution in [3.8, 4) is 0 Å². The Morgan fingerprint density at radius 1 is 1.21 bits per heavy atom. The van der Waals surface area contributed by atoms with Gasteiger partial charge in [-0.3, -0.25) is 4.79 Å². The molecule has 0 unspecified atom stereocenters. The highest BCUT2D eigenvalue weighted by molar-refractivity contribution is 5.75. The zero-order valence-electron chi connectivity index (χ0n) is 13.0. The Kier molecular flexibility index (Phi) is 6.87. The van der Waals surface area contributed by atoms with Crippen molar-refractivity contribution >= 4 is 12.0 Å². The molecule has 0 aliphatic heterocycles. The van der Waals surface area contributed by atoms with Gasteiger partial charge in [0.1, 0.15) is 0 Å². The van der Waals surface area contributed by atoms with E-state index in [0.29, 0.717) is 12.5 Å². The Morgan fingerprint density at radius 3 is 2.11 bits per heavy atom. The molecule has 5 nitrogen and oxygen atoms in total. The highest BCUT2D eigenvalue weighted by Gasteiger charge is 2.25. The number of carbonyl (C=O) groups is 2. The smallest absolute Gasteiger partial charge is 0.317 e. The van der Waals surface area contributed by atoms with Crippen LogP contribution in [0.25, 0.3) is 0 Å². The lowest BCUT2D eigenvalue weighted by Crippen LogP contribution is -2.48. The molecule has 5 heteroatoms. The predicted molar refractivity (Wildman–Crippen MR) is 76.1 cm³/mol. The number of carbonyl (C=O) groups excluding carboxylic acids is 1. The molecule has 0 aliphatic rings. The van der Waals surface area contributed by atoms with E-state index in [1.54, 1.807) is 4.90 Å². The number of nitrogens with zero attached hydrogens (tertiary/aromatic N) is 1. The van der Waals surface area contributed by atoms with Gasteiger partial charge in [0.15, 0.2) is 0 Å². The maximum absolute atomic E-state index is 12.1. The summed E-state index contributed by atoms with van der Waals surface area (Å²) in [6, 6.07) is -0.202. The summed E-state index contributed by atoms with van der Waals surface area (Å²) in [6.07, 6.45) is -0.0286. The second kappa shape index (κ2) is 7.36. The van der Waals surface area contributed by atoms with Crippen LogP contribution in [-0.4, -0.2) is 41.1 Å². The summed E-state index contributed by atoms with van der Waals surface area (Å²) in [6.45, 7) is 13.0. The van der Waals surface area contributed by atoms with Crippen molar-refractivity contribution in [2.75, 3.05) is 13.1 Å². The number of amides is 2. The maximum Gasteiger partial charge on any atom is 0.317 e. The first kappa shape index (κ1) is 17.7. The van der Waals surface area contributed by atoms with Gasteiger partial charge in [-0.2, -0.15) is 0 Å². The fraction of sp³-hybridized carbons (Fsp3) is 0.857. The van der Waals surface area contributed by atoms with Crippen LogP contribution in [0.5, 0.6) is 0 Å². The van der Waals surface area contributed by atoms with Crippen molar-refractivity contribution in [1.29, 1.82) is 0 Å². The van der Waals surface area contributed by atoms with Gasteiger partial charge in [-0.15, -0.1) is 0 Å². The number of rotatable bonds is 7. The first-order chi connectivity index (χ1) is 8.58. The number of aliphatic carboxylic acids is 1. The zero-order valence-corrected chi connectivity index (χ0v) is 13.0. The van der Waals surface area contributed by atoms with E-state index in [-0.39, 0.29) is 30.5 Å². The summed E-state index contributed by atoms with van der Waals surface area (Å²) in [4.78, 5) is 24.2. The Balaban J connectivity index is 4.45. The summed E-state index contributed by atoms with van der Waals surface area (Å²) in [5.74, 6) is -0.430. The lowest BCUT2D eigenvalue weighted by molar-refractivity contribution is -0.137. The maximum atomic E-state index is 12.1. The van der Waals surface area contributed by atoms with Crippen LogP contribution in [0, 0.1) is 11.3 Å². The third kappa shape index (κ3) is 6.45. The number of urea groups is 1. The quantitative estimate of drug-likeness (QED) is 0.748. The molecule has 0 atom stereocenters. The third-order valence-electron chi connectivity index (χ3n) is 3.71. The predicted octanol–water partition coefficient (Wildman–Crippen LogP) is 2.56. The van der Waals surface area contributed by atoms with Crippen molar-refractivity contribution in [3.05, 3.63) is 0 Å². The molecule has 0 spiro atoms. The molecule has 112 valence electrons. The van der Waals surface area contributed by atoms with Gasteiger partial charge < -0.3 is 15.3 Å². The molecule has 0 radical (unpaired) electrons. The van der Waals surface area contributed by atoms with Crippen LogP contribution in [0.3, 0.4) is 0 Å². The highest BCUT2D eigenvalue weighted by atomic mass is 16.4. The van der Waals surface area contributed by atoms with E-state index in [9.17, 15) is 9.59 Å². The highest BCUT2D eigenvalue weighted by Crippen LogP contribution is 2.24. The van der Waals surface area contributed by atoms with Gasteiger partial charge in [0.25, 0.3) is 0 Å². The third-order valence-corrected chi connectivity index (χ3v) is 3.71. The SMILES string of the molecule is CC(C)N(CCC(=O)O)C(=O)NCC(C)(C)C(C)C. The van der Waals surface area contributed by atoms with E-state index in [2.05, 4.69) is 33.0 Å². The molecule has 0 saturated carbocycles. The topological polar surface area (TPSA) is 69.6 Å². The molecular weight excluding hydrogens is 244 g/mol. The van der Waals surface area contributed by atoms with Crippen LogP contribution >= 0.6 is 0 Å². The molecule has 19 heavy (non-hydrogen) atoms. The summed E-state index contributed by atoms with van der Waals surface area (Å²) in [5, 5.41) is 11.6. The van der Waals surface area contributed by atoms with Crippen LogP contribution in [0.1, 0.15) is 48.0 Å². The Labute approximate surface area is 116 Å². The van der Waals surface area contributed by atoms with E-state index in [1.165, 1.54) is 0 Å². The van der Waals surface area contributed by atoms with Gasteiger partial charge in [-0.1, -0.05) is 27.7 Å². The molecular formula is C14H28N2O3.